The molecule has 0 aromatic rings. The van der Waals surface area contributed by atoms with Crippen LogP contribution in [0.4, 0.5) is 0 Å². The van der Waals surface area contributed by atoms with Crippen molar-refractivity contribution in [3.63, 3.8) is 0 Å². The zero-order valence-corrected chi connectivity index (χ0v) is 35.8. The van der Waals surface area contributed by atoms with Crippen LogP contribution >= 0.6 is 0 Å². The third-order valence-electron chi connectivity index (χ3n) is 11.0. The molecule has 0 bridgehead atoms. The van der Waals surface area contributed by atoms with Crippen molar-refractivity contribution in [2.24, 2.45) is 0 Å². The van der Waals surface area contributed by atoms with Gasteiger partial charge in [-0.2, -0.15) is 0 Å². The molecule has 0 fully saturated rings. The average Bonchev–Trinajstić information content (AvgIpc) is 3.15. The highest BCUT2D eigenvalue weighted by Crippen LogP contribution is 2.23. The Kier molecular flexibility index (Phi) is 44.0. The maximum atomic E-state index is 12.9. The molecule has 312 valence electrons. The van der Waals surface area contributed by atoms with Gasteiger partial charge in [-0.15, -0.1) is 0 Å². The fraction of sp³-hybridized carbons (Fsp3) is 0.957. The summed E-state index contributed by atoms with van der Waals surface area (Å²) in [6.07, 6.45) is 43.6. The monoisotopic (exact) mass is 739 g/mol. The van der Waals surface area contributed by atoms with Gasteiger partial charge >= 0.3 is 0 Å². The van der Waals surface area contributed by atoms with Gasteiger partial charge in [0.05, 0.1) is 6.61 Å². The maximum absolute atomic E-state index is 12.9. The number of hydrogen-bond acceptors (Lipinski definition) is 5. The van der Waals surface area contributed by atoms with E-state index in [0.29, 0.717) is 12.8 Å². The predicted octanol–water partition coefficient (Wildman–Crippen LogP) is 14.1. The first-order valence-electron chi connectivity index (χ1n) is 23.4. The molecule has 3 N–H and O–H groups in total. The van der Waals surface area contributed by atoms with Crippen LogP contribution in [0.5, 0.6) is 0 Å². The lowest BCUT2D eigenvalue weighted by Crippen LogP contribution is -2.57. The van der Waals surface area contributed by atoms with Crippen LogP contribution in [0.3, 0.4) is 0 Å². The quantitative estimate of drug-likeness (QED) is 0.0429. The highest BCUT2D eigenvalue weighted by Gasteiger charge is 2.48. The lowest BCUT2D eigenvalue weighted by Gasteiger charge is -2.29. The average molecular weight is 739 g/mol. The van der Waals surface area contributed by atoms with E-state index in [2.05, 4.69) is 27.7 Å². The van der Waals surface area contributed by atoms with Crippen molar-refractivity contribution in [2.45, 2.75) is 283 Å². The molecule has 0 aliphatic carbocycles. The molecule has 0 saturated heterocycles. The van der Waals surface area contributed by atoms with Crippen LogP contribution in [0.25, 0.3) is 0 Å². The van der Waals surface area contributed by atoms with Crippen LogP contribution in [-0.4, -0.2) is 45.2 Å². The lowest BCUT2D eigenvalue weighted by molar-refractivity contribution is -0.166. The first-order valence-corrected chi connectivity index (χ1v) is 23.4. The summed E-state index contributed by atoms with van der Waals surface area (Å²) in [5, 5.41) is 30.6. The van der Waals surface area contributed by atoms with Gasteiger partial charge in [0.25, 0.3) is 0 Å². The standard InChI is InChI=1S/C39H76O5.C8H18/c1-3-5-7-9-11-13-15-17-19-21-23-25-27-29-31-33-36(41)39(44,38(43)35-40)37(42)34-32-30-28-26-24-22-20-18-16-14-12-10-8-6-4-2;1-3-5-7-8-6-4-2/h38,40,43-44H,3-35H2,1-2H3;3-8H2,1-2H3. The summed E-state index contributed by atoms with van der Waals surface area (Å²) in [6.45, 7) is 8.23. The van der Waals surface area contributed by atoms with Gasteiger partial charge in [-0.25, -0.2) is 0 Å². The van der Waals surface area contributed by atoms with E-state index in [4.69, 9.17) is 0 Å². The number of ketones is 2. The fourth-order valence-electron chi connectivity index (χ4n) is 7.21. The molecule has 0 aromatic heterocycles. The van der Waals surface area contributed by atoms with E-state index in [-0.39, 0.29) is 12.8 Å². The van der Waals surface area contributed by atoms with Gasteiger partial charge in [-0.05, 0) is 12.8 Å². The molecule has 5 nitrogen and oxygen atoms in total. The predicted molar refractivity (Wildman–Crippen MR) is 226 cm³/mol. The van der Waals surface area contributed by atoms with Crippen molar-refractivity contribution < 1.29 is 24.9 Å². The lowest BCUT2D eigenvalue weighted by atomic mass is 9.82. The third-order valence-corrected chi connectivity index (χ3v) is 11.0. The zero-order chi connectivity index (χ0) is 38.8. The molecule has 5 heteroatoms. The van der Waals surface area contributed by atoms with E-state index >= 15 is 0 Å². The number of carbonyl (C=O) groups excluding carboxylic acids is 2. The minimum atomic E-state index is -2.47. The van der Waals surface area contributed by atoms with Crippen LogP contribution in [0, 0.1) is 0 Å². The van der Waals surface area contributed by atoms with Crippen LogP contribution in [0.2, 0.25) is 0 Å². The second-order valence-electron chi connectivity index (χ2n) is 16.1. The molecule has 52 heavy (non-hydrogen) atoms. The summed E-state index contributed by atoms with van der Waals surface area (Å²) in [6, 6.07) is 0. The van der Waals surface area contributed by atoms with Crippen LogP contribution in [-0.2, 0) is 9.59 Å². The highest BCUT2D eigenvalue weighted by molar-refractivity contribution is 6.10. The van der Waals surface area contributed by atoms with Gasteiger partial charge < -0.3 is 15.3 Å². The molecule has 1 unspecified atom stereocenters. The Balaban J connectivity index is 0. The Labute approximate surface area is 325 Å². The molecule has 0 amide bonds. The second-order valence-corrected chi connectivity index (χ2v) is 16.1. The van der Waals surface area contributed by atoms with Crippen LogP contribution in [0.1, 0.15) is 272 Å². The molecule has 1 atom stereocenters. The Bertz CT molecular complexity index is 671. The van der Waals surface area contributed by atoms with E-state index in [1.165, 1.54) is 180 Å². The molecule has 0 heterocycles. The number of unbranched alkanes of at least 4 members (excludes halogenated alkanes) is 33. The van der Waals surface area contributed by atoms with Gasteiger partial charge in [-0.3, -0.25) is 9.59 Å². The van der Waals surface area contributed by atoms with Gasteiger partial charge in [0.1, 0.15) is 6.10 Å². The third kappa shape index (κ3) is 33.8. The van der Waals surface area contributed by atoms with E-state index in [1.807, 2.05) is 0 Å². The Morgan fingerprint density at radius 1 is 0.365 bits per heavy atom. The van der Waals surface area contributed by atoms with Crippen molar-refractivity contribution in [1.29, 1.82) is 0 Å². The summed E-state index contributed by atoms with van der Waals surface area (Å²) in [5.41, 5.74) is -2.47. The second kappa shape index (κ2) is 43.0. The SMILES string of the molecule is CCCCCCCC.CCCCCCCCCCCCCCCCCC(=O)C(O)(C(=O)CCCCCCCCCCCCCCCCC)C(O)CO. The van der Waals surface area contributed by atoms with Crippen molar-refractivity contribution >= 4 is 11.6 Å². The minimum absolute atomic E-state index is 0.0659. The van der Waals surface area contributed by atoms with Crippen molar-refractivity contribution in [2.75, 3.05) is 6.61 Å². The summed E-state index contributed by atoms with van der Waals surface area (Å²) < 4.78 is 0. The van der Waals surface area contributed by atoms with Crippen molar-refractivity contribution in [3.8, 4) is 0 Å². The van der Waals surface area contributed by atoms with E-state index in [0.717, 1.165) is 38.5 Å². The van der Waals surface area contributed by atoms with Gasteiger partial charge in [0, 0.05) is 12.8 Å². The summed E-state index contributed by atoms with van der Waals surface area (Å²) in [4.78, 5) is 25.7. The van der Waals surface area contributed by atoms with Crippen molar-refractivity contribution in [3.05, 3.63) is 0 Å². The normalized spacial score (nSPS) is 12.1. The fourth-order valence-corrected chi connectivity index (χ4v) is 7.21. The number of aliphatic hydroxyl groups is 3. The summed E-state index contributed by atoms with van der Waals surface area (Å²) in [5.74, 6) is -1.28. The molecular formula is C47H94O5. The van der Waals surface area contributed by atoms with E-state index < -0.39 is 29.9 Å². The minimum Gasteiger partial charge on any atom is -0.394 e. The number of hydrogen-bond donors (Lipinski definition) is 3. The summed E-state index contributed by atoms with van der Waals surface area (Å²) in [7, 11) is 0. The number of rotatable bonds is 41. The molecule has 0 radical (unpaired) electrons. The number of aliphatic hydroxyl groups excluding tert-OH is 2. The Morgan fingerprint density at radius 3 is 0.712 bits per heavy atom. The molecule has 0 saturated carbocycles. The molecular weight excluding hydrogens is 645 g/mol. The topological polar surface area (TPSA) is 94.8 Å². The smallest absolute Gasteiger partial charge is 0.209 e. The molecule has 0 spiro atoms. The van der Waals surface area contributed by atoms with E-state index in [9.17, 15) is 24.9 Å². The maximum Gasteiger partial charge on any atom is 0.209 e. The van der Waals surface area contributed by atoms with Crippen molar-refractivity contribution in [1.82, 2.24) is 0 Å². The summed E-state index contributed by atoms with van der Waals surface area (Å²) >= 11 is 0. The molecule has 0 aromatic carbocycles. The first kappa shape index (κ1) is 53.3. The molecule has 0 aliphatic heterocycles. The van der Waals surface area contributed by atoms with Crippen LogP contribution in [0.15, 0.2) is 0 Å². The van der Waals surface area contributed by atoms with Crippen LogP contribution < -0.4 is 0 Å². The molecule has 0 rings (SSSR count). The largest absolute Gasteiger partial charge is 0.394 e. The first-order chi connectivity index (χ1) is 25.4. The zero-order valence-electron chi connectivity index (χ0n) is 35.8. The van der Waals surface area contributed by atoms with E-state index in [1.54, 1.807) is 0 Å². The van der Waals surface area contributed by atoms with Gasteiger partial charge in [0.2, 0.25) is 5.60 Å². The number of Topliss-reactive ketones (excluding diaryl/α,β-unsaturated/α-hetero) is 2. The van der Waals surface area contributed by atoms with Gasteiger partial charge in [-0.1, -0.05) is 246 Å². The number of carbonyl (C=O) groups is 2. The van der Waals surface area contributed by atoms with Gasteiger partial charge in [0.15, 0.2) is 11.6 Å². The molecule has 0 aliphatic rings. The Hall–Kier alpha value is -0.780. The Morgan fingerprint density at radius 2 is 0.538 bits per heavy atom. The highest BCUT2D eigenvalue weighted by atomic mass is 16.4.